The molecule has 3 rings (SSSR count). The molecule has 1 aliphatic carbocycles. The maximum absolute atomic E-state index is 12.8. The fraction of sp³-hybridized carbons (Fsp3) is 0.650. The van der Waals surface area contributed by atoms with Gasteiger partial charge < -0.3 is 5.32 Å². The van der Waals surface area contributed by atoms with Crippen molar-refractivity contribution in [3.63, 3.8) is 0 Å². The Balaban J connectivity index is 1.53. The van der Waals surface area contributed by atoms with E-state index in [-0.39, 0.29) is 18.0 Å². The van der Waals surface area contributed by atoms with E-state index in [9.17, 15) is 13.2 Å². The van der Waals surface area contributed by atoms with Crippen LogP contribution in [0.3, 0.4) is 0 Å². The summed E-state index contributed by atoms with van der Waals surface area (Å²) < 4.78 is 28.0. The predicted molar refractivity (Wildman–Crippen MR) is 114 cm³/mol. The Morgan fingerprint density at radius 3 is 2.18 bits per heavy atom. The van der Waals surface area contributed by atoms with Gasteiger partial charge >= 0.3 is 0 Å². The summed E-state index contributed by atoms with van der Waals surface area (Å²) in [4.78, 5) is 15.1. The number of benzene rings is 1. The highest BCUT2D eigenvalue weighted by Crippen LogP contribution is 2.21. The number of carbonyl (C=O) groups is 1. The van der Waals surface area contributed by atoms with Crippen molar-refractivity contribution in [2.45, 2.75) is 62.4 Å². The van der Waals surface area contributed by atoms with Crippen molar-refractivity contribution >= 4 is 31.9 Å². The first-order chi connectivity index (χ1) is 13.4. The van der Waals surface area contributed by atoms with Gasteiger partial charge in [0.05, 0.1) is 10.9 Å². The molecule has 0 aromatic heterocycles. The molecule has 0 unspecified atom stereocenters. The Morgan fingerprint density at radius 1 is 1.04 bits per heavy atom. The topological polar surface area (TPSA) is 69.7 Å². The van der Waals surface area contributed by atoms with Gasteiger partial charge in [0, 0.05) is 36.7 Å². The Hall–Kier alpha value is -0.960. The quantitative estimate of drug-likeness (QED) is 0.670. The van der Waals surface area contributed by atoms with Crippen LogP contribution in [0.15, 0.2) is 33.6 Å². The van der Waals surface area contributed by atoms with Crippen LogP contribution in [-0.4, -0.2) is 61.8 Å². The first-order valence-electron chi connectivity index (χ1n) is 10.2. The maximum atomic E-state index is 12.8. The fourth-order valence-electron chi connectivity index (χ4n) is 4.00. The molecule has 28 heavy (non-hydrogen) atoms. The lowest BCUT2D eigenvalue weighted by molar-refractivity contribution is -0.127. The molecule has 2 aliphatic rings. The molecule has 1 aliphatic heterocycles. The molecule has 1 aromatic carbocycles. The van der Waals surface area contributed by atoms with E-state index in [0.717, 1.165) is 17.3 Å². The first kappa shape index (κ1) is 21.7. The van der Waals surface area contributed by atoms with E-state index >= 15 is 0 Å². The van der Waals surface area contributed by atoms with Gasteiger partial charge in [-0.15, -0.1) is 0 Å². The summed E-state index contributed by atoms with van der Waals surface area (Å²) in [5, 5.41) is 3.21. The third kappa shape index (κ3) is 5.34. The molecular formula is C20H30BrN3O3S. The molecule has 1 saturated carbocycles. The summed E-state index contributed by atoms with van der Waals surface area (Å²) in [7, 11) is -3.49. The number of amides is 1. The highest BCUT2D eigenvalue weighted by Gasteiger charge is 2.32. The molecule has 1 saturated heterocycles. The molecule has 0 radical (unpaired) electrons. The molecule has 1 atom stereocenters. The highest BCUT2D eigenvalue weighted by molar-refractivity contribution is 9.10. The van der Waals surface area contributed by atoms with Gasteiger partial charge in [-0.05, 0) is 44.0 Å². The SMILES string of the molecule is C[C@H](C(=O)NC1CCCCCC1)N1CCN(S(=O)(=O)c2ccc(Br)cc2)CC1. The Kier molecular flexibility index (Phi) is 7.53. The van der Waals surface area contributed by atoms with E-state index in [1.165, 1.54) is 30.0 Å². The summed E-state index contributed by atoms with van der Waals surface area (Å²) in [5.74, 6) is 0.0658. The molecule has 2 fully saturated rings. The summed E-state index contributed by atoms with van der Waals surface area (Å²) >= 11 is 3.33. The minimum atomic E-state index is -3.49. The number of hydrogen-bond donors (Lipinski definition) is 1. The lowest BCUT2D eigenvalue weighted by Gasteiger charge is -2.37. The van der Waals surface area contributed by atoms with Crippen molar-refractivity contribution in [2.75, 3.05) is 26.2 Å². The van der Waals surface area contributed by atoms with Crippen molar-refractivity contribution < 1.29 is 13.2 Å². The summed E-state index contributed by atoms with van der Waals surface area (Å²) in [6, 6.07) is 6.77. The maximum Gasteiger partial charge on any atom is 0.243 e. The zero-order valence-electron chi connectivity index (χ0n) is 16.4. The highest BCUT2D eigenvalue weighted by atomic mass is 79.9. The summed E-state index contributed by atoms with van der Waals surface area (Å²) in [6.07, 6.45) is 7.03. The minimum absolute atomic E-state index is 0.0658. The van der Waals surface area contributed by atoms with Crippen molar-refractivity contribution in [1.29, 1.82) is 0 Å². The van der Waals surface area contributed by atoms with Gasteiger partial charge in [0.25, 0.3) is 0 Å². The van der Waals surface area contributed by atoms with Gasteiger partial charge in [-0.2, -0.15) is 4.31 Å². The molecule has 1 amide bonds. The zero-order valence-corrected chi connectivity index (χ0v) is 18.8. The van der Waals surface area contributed by atoms with Crippen LogP contribution in [0.1, 0.15) is 45.4 Å². The molecular weight excluding hydrogens is 442 g/mol. The first-order valence-corrected chi connectivity index (χ1v) is 12.4. The third-order valence-corrected chi connectivity index (χ3v) is 8.29. The van der Waals surface area contributed by atoms with Gasteiger partial charge in [-0.25, -0.2) is 8.42 Å². The average Bonchev–Trinajstić information content (AvgIpc) is 2.96. The second-order valence-electron chi connectivity index (χ2n) is 7.77. The van der Waals surface area contributed by atoms with E-state index in [1.807, 2.05) is 6.92 Å². The van der Waals surface area contributed by atoms with Crippen LogP contribution < -0.4 is 5.32 Å². The van der Waals surface area contributed by atoms with E-state index in [4.69, 9.17) is 0 Å². The van der Waals surface area contributed by atoms with E-state index in [0.29, 0.717) is 31.1 Å². The Morgan fingerprint density at radius 2 is 1.61 bits per heavy atom. The van der Waals surface area contributed by atoms with Gasteiger partial charge in [0.2, 0.25) is 15.9 Å². The van der Waals surface area contributed by atoms with E-state index in [2.05, 4.69) is 26.1 Å². The minimum Gasteiger partial charge on any atom is -0.352 e. The molecule has 0 bridgehead atoms. The van der Waals surface area contributed by atoms with Crippen molar-refractivity contribution in [3.05, 3.63) is 28.7 Å². The lowest BCUT2D eigenvalue weighted by atomic mass is 10.1. The number of halogens is 1. The second kappa shape index (κ2) is 9.69. The molecule has 156 valence electrons. The molecule has 1 N–H and O–H groups in total. The van der Waals surface area contributed by atoms with E-state index < -0.39 is 10.0 Å². The standard InChI is InChI=1S/C20H30BrN3O3S/c1-16(20(25)22-18-6-4-2-3-5-7-18)23-12-14-24(15-13-23)28(26,27)19-10-8-17(21)9-11-19/h8-11,16,18H,2-7,12-15H2,1H3,(H,22,25)/t16-/m1/s1. The number of piperazine rings is 1. The average molecular weight is 472 g/mol. The number of nitrogens with zero attached hydrogens (tertiary/aromatic N) is 2. The molecule has 0 spiro atoms. The van der Waals surface area contributed by atoms with E-state index in [1.54, 1.807) is 24.3 Å². The molecule has 1 heterocycles. The van der Waals surface area contributed by atoms with Crippen LogP contribution in [-0.2, 0) is 14.8 Å². The third-order valence-electron chi connectivity index (χ3n) is 5.85. The Bertz CT molecular complexity index is 753. The normalized spacial score (nSPS) is 21.8. The van der Waals surface area contributed by atoms with Gasteiger partial charge in [0.15, 0.2) is 0 Å². The number of rotatable bonds is 5. The van der Waals surface area contributed by atoms with Gasteiger partial charge in [-0.3, -0.25) is 9.69 Å². The summed E-state index contributed by atoms with van der Waals surface area (Å²) in [6.45, 7) is 3.85. The van der Waals surface area contributed by atoms with Crippen LogP contribution in [0.4, 0.5) is 0 Å². The van der Waals surface area contributed by atoms with Crippen molar-refractivity contribution in [1.82, 2.24) is 14.5 Å². The largest absolute Gasteiger partial charge is 0.352 e. The molecule has 8 heteroatoms. The zero-order chi connectivity index (χ0) is 20.1. The number of hydrogen-bond acceptors (Lipinski definition) is 4. The van der Waals surface area contributed by atoms with Crippen molar-refractivity contribution in [2.24, 2.45) is 0 Å². The number of sulfonamides is 1. The van der Waals surface area contributed by atoms with Crippen LogP contribution in [0.5, 0.6) is 0 Å². The monoisotopic (exact) mass is 471 g/mol. The number of nitrogens with one attached hydrogen (secondary N) is 1. The van der Waals surface area contributed by atoms with Crippen molar-refractivity contribution in [3.8, 4) is 0 Å². The molecule has 1 aromatic rings. The molecule has 6 nitrogen and oxygen atoms in total. The second-order valence-corrected chi connectivity index (χ2v) is 10.6. The lowest BCUT2D eigenvalue weighted by Crippen LogP contribution is -2.55. The smallest absolute Gasteiger partial charge is 0.243 e. The van der Waals surface area contributed by atoms with Crippen LogP contribution in [0.2, 0.25) is 0 Å². The predicted octanol–water partition coefficient (Wildman–Crippen LogP) is 2.98. The van der Waals surface area contributed by atoms with Crippen LogP contribution in [0.25, 0.3) is 0 Å². The van der Waals surface area contributed by atoms with Crippen LogP contribution in [0, 0.1) is 0 Å². The number of carbonyl (C=O) groups excluding carboxylic acids is 1. The Labute approximate surface area is 176 Å². The van der Waals surface area contributed by atoms with Gasteiger partial charge in [-0.1, -0.05) is 41.6 Å². The fourth-order valence-corrected chi connectivity index (χ4v) is 5.68. The summed E-state index contributed by atoms with van der Waals surface area (Å²) in [5.41, 5.74) is 0. The van der Waals surface area contributed by atoms with Gasteiger partial charge in [0.1, 0.15) is 0 Å². The van der Waals surface area contributed by atoms with Crippen LogP contribution >= 0.6 is 15.9 Å².